The van der Waals surface area contributed by atoms with Crippen molar-refractivity contribution >= 4 is 23.3 Å². The second-order valence-corrected chi connectivity index (χ2v) is 9.13. The number of carbonyl (C=O) groups excluding carboxylic acids is 1. The summed E-state index contributed by atoms with van der Waals surface area (Å²) in [7, 11) is 2.14. The molecule has 3 rings (SSSR count). The van der Waals surface area contributed by atoms with Crippen molar-refractivity contribution in [1.29, 1.82) is 5.26 Å². The monoisotopic (exact) mass is 468 g/mol. The van der Waals surface area contributed by atoms with Gasteiger partial charge in [0.1, 0.15) is 11.1 Å². The highest BCUT2D eigenvalue weighted by molar-refractivity contribution is 6.32. The zero-order valence-electron chi connectivity index (χ0n) is 19.6. The van der Waals surface area contributed by atoms with Crippen LogP contribution in [0.15, 0.2) is 30.5 Å². The maximum atomic E-state index is 13.4. The van der Waals surface area contributed by atoms with Crippen LogP contribution in [0.5, 0.6) is 0 Å². The standard InChI is InChI=1S/C25H33ClN6O/c1-3-4-5-8-15-31(2)18-19-11-13-20(14-12-19)25(33)32(21-9-6-7-10-21)30-24-22(26)17-28-23(16-27)29-24/h11-14,17,21H,3-10,15,18H2,1-2H3,(H,28,29,30). The molecular formula is C25H33ClN6O. The van der Waals surface area contributed by atoms with Gasteiger partial charge in [-0.3, -0.25) is 10.2 Å². The number of hydrogen-bond acceptors (Lipinski definition) is 6. The van der Waals surface area contributed by atoms with Crippen molar-refractivity contribution in [2.45, 2.75) is 70.9 Å². The fraction of sp³-hybridized carbons (Fsp3) is 0.520. The normalized spacial score (nSPS) is 13.8. The largest absolute Gasteiger partial charge is 0.302 e. The lowest BCUT2D eigenvalue weighted by Crippen LogP contribution is -2.43. The van der Waals surface area contributed by atoms with Gasteiger partial charge >= 0.3 is 0 Å². The number of hydrogen-bond donors (Lipinski definition) is 1. The van der Waals surface area contributed by atoms with Gasteiger partial charge in [-0.15, -0.1) is 0 Å². The molecule has 1 aliphatic rings. The van der Waals surface area contributed by atoms with Crippen molar-refractivity contribution in [2.75, 3.05) is 19.0 Å². The summed E-state index contributed by atoms with van der Waals surface area (Å²) < 4.78 is 0. The number of unbranched alkanes of at least 4 members (excludes halogenated alkanes) is 3. The van der Waals surface area contributed by atoms with E-state index in [1.54, 1.807) is 5.01 Å². The van der Waals surface area contributed by atoms with Crippen LogP contribution in [0.1, 0.15) is 80.0 Å². The van der Waals surface area contributed by atoms with Crippen LogP contribution in [-0.2, 0) is 6.54 Å². The average molecular weight is 469 g/mol. The molecule has 0 spiro atoms. The van der Waals surface area contributed by atoms with Gasteiger partial charge in [0.2, 0.25) is 5.82 Å². The molecule has 1 fully saturated rings. The van der Waals surface area contributed by atoms with Gasteiger partial charge in [0.15, 0.2) is 5.82 Å². The Morgan fingerprint density at radius 2 is 1.94 bits per heavy atom. The Bertz CT molecular complexity index is 952. The predicted molar refractivity (Wildman–Crippen MR) is 131 cm³/mol. The summed E-state index contributed by atoms with van der Waals surface area (Å²) in [6.45, 7) is 4.16. The molecule has 8 heteroatoms. The summed E-state index contributed by atoms with van der Waals surface area (Å²) in [6.07, 6.45) is 10.3. The Balaban J connectivity index is 1.69. The van der Waals surface area contributed by atoms with Gasteiger partial charge < -0.3 is 4.90 Å². The van der Waals surface area contributed by atoms with Gasteiger partial charge in [0, 0.05) is 12.1 Å². The Hall–Kier alpha value is -2.69. The maximum absolute atomic E-state index is 13.4. The molecule has 0 radical (unpaired) electrons. The molecule has 1 heterocycles. The maximum Gasteiger partial charge on any atom is 0.272 e. The summed E-state index contributed by atoms with van der Waals surface area (Å²) in [5.74, 6) is 0.142. The Morgan fingerprint density at radius 1 is 1.21 bits per heavy atom. The van der Waals surface area contributed by atoms with Gasteiger partial charge in [0.25, 0.3) is 5.91 Å². The molecule has 0 unspecified atom stereocenters. The van der Waals surface area contributed by atoms with E-state index in [9.17, 15) is 4.79 Å². The number of carbonyl (C=O) groups is 1. The molecule has 2 aromatic rings. The summed E-state index contributed by atoms with van der Waals surface area (Å²) in [4.78, 5) is 23.8. The van der Waals surface area contributed by atoms with E-state index in [1.807, 2.05) is 30.3 Å². The lowest BCUT2D eigenvalue weighted by atomic mass is 10.1. The number of hydrazine groups is 1. The van der Waals surface area contributed by atoms with Crippen molar-refractivity contribution in [3.05, 3.63) is 52.4 Å². The first kappa shape index (κ1) is 24.9. The van der Waals surface area contributed by atoms with Crippen molar-refractivity contribution in [3.8, 4) is 6.07 Å². The highest BCUT2D eigenvalue weighted by Gasteiger charge is 2.29. The highest BCUT2D eigenvalue weighted by Crippen LogP contribution is 2.27. The van der Waals surface area contributed by atoms with Crippen LogP contribution in [0, 0.1) is 11.3 Å². The molecule has 1 aromatic carbocycles. The van der Waals surface area contributed by atoms with Gasteiger partial charge in [-0.1, -0.05) is 62.8 Å². The number of anilines is 1. The van der Waals surface area contributed by atoms with Crippen molar-refractivity contribution in [3.63, 3.8) is 0 Å². The number of benzene rings is 1. The van der Waals surface area contributed by atoms with Crippen LogP contribution in [0.3, 0.4) is 0 Å². The Labute approximate surface area is 201 Å². The highest BCUT2D eigenvalue weighted by atomic mass is 35.5. The van der Waals surface area contributed by atoms with E-state index in [0.717, 1.165) is 38.8 Å². The minimum absolute atomic E-state index is 0.00360. The zero-order chi connectivity index (χ0) is 23.6. The molecule has 7 nitrogen and oxygen atoms in total. The van der Waals surface area contributed by atoms with Crippen LogP contribution in [0.25, 0.3) is 0 Å². The fourth-order valence-electron chi connectivity index (χ4n) is 4.17. The topological polar surface area (TPSA) is 85.2 Å². The third-order valence-corrected chi connectivity index (χ3v) is 6.30. The van der Waals surface area contributed by atoms with E-state index >= 15 is 0 Å². The number of aromatic nitrogens is 2. The number of nitriles is 1. The summed E-state index contributed by atoms with van der Waals surface area (Å²) in [5.41, 5.74) is 4.87. The number of rotatable bonds is 11. The lowest BCUT2D eigenvalue weighted by molar-refractivity contribution is 0.0731. The predicted octanol–water partition coefficient (Wildman–Crippen LogP) is 5.43. The van der Waals surface area contributed by atoms with Crippen LogP contribution < -0.4 is 5.43 Å². The number of halogens is 1. The van der Waals surface area contributed by atoms with E-state index in [2.05, 4.69) is 34.3 Å². The van der Waals surface area contributed by atoms with Gasteiger partial charge in [-0.05, 0) is 50.6 Å². The van der Waals surface area contributed by atoms with Crippen LogP contribution in [0.4, 0.5) is 5.82 Å². The van der Waals surface area contributed by atoms with Crippen LogP contribution >= 0.6 is 11.6 Å². The van der Waals surface area contributed by atoms with Crippen LogP contribution in [-0.4, -0.2) is 45.4 Å². The minimum atomic E-state index is -0.130. The first-order valence-corrected chi connectivity index (χ1v) is 12.2. The van der Waals surface area contributed by atoms with Crippen molar-refractivity contribution < 1.29 is 4.79 Å². The third-order valence-electron chi connectivity index (χ3n) is 6.03. The van der Waals surface area contributed by atoms with Gasteiger partial charge in [-0.25, -0.2) is 9.99 Å². The molecule has 0 saturated heterocycles. The number of nitrogens with one attached hydrogen (secondary N) is 1. The smallest absolute Gasteiger partial charge is 0.272 e. The molecule has 1 amide bonds. The van der Waals surface area contributed by atoms with E-state index in [0.29, 0.717) is 5.56 Å². The Kier molecular flexibility index (Phi) is 9.47. The lowest BCUT2D eigenvalue weighted by Gasteiger charge is -2.30. The summed E-state index contributed by atoms with van der Waals surface area (Å²) in [5, 5.41) is 11.0. The molecule has 0 aliphatic heterocycles. The molecule has 1 aromatic heterocycles. The molecule has 176 valence electrons. The molecule has 1 saturated carbocycles. The van der Waals surface area contributed by atoms with E-state index in [4.69, 9.17) is 16.9 Å². The molecule has 0 atom stereocenters. The third kappa shape index (κ3) is 7.15. The number of nitrogens with zero attached hydrogens (tertiary/aromatic N) is 5. The number of amides is 1. The minimum Gasteiger partial charge on any atom is -0.302 e. The molecule has 0 bridgehead atoms. The zero-order valence-corrected chi connectivity index (χ0v) is 20.3. The summed E-state index contributed by atoms with van der Waals surface area (Å²) >= 11 is 6.24. The molecule has 1 aliphatic carbocycles. The average Bonchev–Trinajstić information content (AvgIpc) is 3.36. The van der Waals surface area contributed by atoms with Crippen molar-refractivity contribution in [2.24, 2.45) is 0 Å². The van der Waals surface area contributed by atoms with E-state index in [1.165, 1.54) is 37.4 Å². The van der Waals surface area contributed by atoms with Crippen molar-refractivity contribution in [1.82, 2.24) is 19.9 Å². The quantitative estimate of drug-likeness (QED) is 0.350. The second kappa shape index (κ2) is 12.5. The summed E-state index contributed by atoms with van der Waals surface area (Å²) in [6, 6.07) is 9.77. The SMILES string of the molecule is CCCCCCN(C)Cc1ccc(C(=O)N(Nc2nc(C#N)ncc2Cl)C2CCCC2)cc1. The van der Waals surface area contributed by atoms with Gasteiger partial charge in [-0.2, -0.15) is 10.2 Å². The molecular weight excluding hydrogens is 436 g/mol. The second-order valence-electron chi connectivity index (χ2n) is 8.72. The van der Waals surface area contributed by atoms with E-state index < -0.39 is 0 Å². The molecule has 1 N–H and O–H groups in total. The molecule has 33 heavy (non-hydrogen) atoms. The van der Waals surface area contributed by atoms with Crippen LogP contribution in [0.2, 0.25) is 5.02 Å². The van der Waals surface area contributed by atoms with E-state index in [-0.39, 0.29) is 28.6 Å². The first-order chi connectivity index (χ1) is 16.0. The van der Waals surface area contributed by atoms with Gasteiger partial charge in [0.05, 0.1) is 12.2 Å². The fourth-order valence-corrected chi connectivity index (χ4v) is 4.31. The Morgan fingerprint density at radius 3 is 2.61 bits per heavy atom. The first-order valence-electron chi connectivity index (χ1n) is 11.8.